The highest BCUT2D eigenvalue weighted by molar-refractivity contribution is 6.46. The fraction of sp³-hybridized carbons (Fsp3) is 0.0909. The molecule has 28 heavy (non-hydrogen) atoms. The molecule has 0 bridgehead atoms. The number of rotatable bonds is 4. The number of Topliss-reactive ketones (excluding diaryl/α,β-unsaturated/α-hetero) is 1. The van der Waals surface area contributed by atoms with Crippen molar-refractivity contribution in [1.29, 1.82) is 0 Å². The number of benzene rings is 1. The van der Waals surface area contributed by atoms with Crippen LogP contribution >= 0.6 is 0 Å². The van der Waals surface area contributed by atoms with Gasteiger partial charge in [0.15, 0.2) is 0 Å². The van der Waals surface area contributed by atoms with Crippen LogP contribution in [0.25, 0.3) is 5.76 Å². The number of carbonyl (C=O) groups excluding carboxylic acids is 2. The Bertz CT molecular complexity index is 1030. The van der Waals surface area contributed by atoms with Gasteiger partial charge in [-0.25, -0.2) is 0 Å². The molecule has 6 nitrogen and oxygen atoms in total. The summed E-state index contributed by atoms with van der Waals surface area (Å²) < 4.78 is 0. The van der Waals surface area contributed by atoms with E-state index in [4.69, 9.17) is 0 Å². The first-order chi connectivity index (χ1) is 13.7. The molecule has 0 radical (unpaired) electrons. The highest BCUT2D eigenvalue weighted by Crippen LogP contribution is 2.40. The fourth-order valence-electron chi connectivity index (χ4n) is 3.38. The first-order valence-electron chi connectivity index (χ1n) is 8.79. The summed E-state index contributed by atoms with van der Waals surface area (Å²) >= 11 is 0. The molecule has 138 valence electrons. The standard InChI is InChI=1S/C22H17N3O3/c26-20(17-8-12-24-13-9-17)18-19(16-4-2-1-3-5-16)25(22(28)21(18)27)14-15-6-10-23-11-7-15/h1-13,19,26H,14H2/b20-18+. The van der Waals surface area contributed by atoms with E-state index in [0.717, 1.165) is 11.1 Å². The molecule has 1 aromatic carbocycles. The van der Waals surface area contributed by atoms with Crippen molar-refractivity contribution in [3.63, 3.8) is 0 Å². The van der Waals surface area contributed by atoms with Gasteiger partial charge >= 0.3 is 0 Å². The maximum Gasteiger partial charge on any atom is 0.295 e. The molecule has 1 amide bonds. The zero-order chi connectivity index (χ0) is 19.5. The second kappa shape index (κ2) is 7.44. The molecule has 3 aromatic rings. The van der Waals surface area contributed by atoms with E-state index in [1.807, 2.05) is 30.3 Å². The number of carbonyl (C=O) groups is 2. The van der Waals surface area contributed by atoms with E-state index in [2.05, 4.69) is 9.97 Å². The van der Waals surface area contributed by atoms with Gasteiger partial charge in [-0.2, -0.15) is 0 Å². The molecule has 6 heteroatoms. The van der Waals surface area contributed by atoms with Crippen molar-refractivity contribution in [3.05, 3.63) is 102 Å². The highest BCUT2D eigenvalue weighted by Gasteiger charge is 2.45. The SMILES string of the molecule is O=C1C(=O)N(Cc2ccncc2)C(c2ccccc2)/C1=C(\O)c1ccncc1. The second-order valence-electron chi connectivity index (χ2n) is 6.43. The number of aromatic nitrogens is 2. The topological polar surface area (TPSA) is 83.4 Å². The summed E-state index contributed by atoms with van der Waals surface area (Å²) in [5, 5.41) is 10.9. The Kier molecular flexibility index (Phi) is 4.68. The van der Waals surface area contributed by atoms with Crippen molar-refractivity contribution in [1.82, 2.24) is 14.9 Å². The Morgan fingerprint density at radius 3 is 2.14 bits per heavy atom. The molecular formula is C22H17N3O3. The van der Waals surface area contributed by atoms with Gasteiger partial charge in [-0.1, -0.05) is 30.3 Å². The maximum absolute atomic E-state index is 12.9. The minimum Gasteiger partial charge on any atom is -0.507 e. The predicted molar refractivity (Wildman–Crippen MR) is 103 cm³/mol. The highest BCUT2D eigenvalue weighted by atomic mass is 16.3. The van der Waals surface area contributed by atoms with Crippen molar-refractivity contribution in [2.45, 2.75) is 12.6 Å². The van der Waals surface area contributed by atoms with Crippen LogP contribution in [-0.4, -0.2) is 31.7 Å². The summed E-state index contributed by atoms with van der Waals surface area (Å²) in [6, 6.07) is 15.4. The number of pyridine rings is 2. The molecule has 4 rings (SSSR count). The molecule has 0 spiro atoms. The van der Waals surface area contributed by atoms with Crippen LogP contribution in [-0.2, 0) is 16.1 Å². The van der Waals surface area contributed by atoms with Gasteiger partial charge in [-0.15, -0.1) is 0 Å². The molecule has 1 aliphatic rings. The molecule has 1 N–H and O–H groups in total. The maximum atomic E-state index is 12.9. The number of likely N-dealkylation sites (tertiary alicyclic amines) is 1. The van der Waals surface area contributed by atoms with E-state index in [1.165, 1.54) is 17.3 Å². The normalized spacial score (nSPS) is 18.4. The fourth-order valence-corrected chi connectivity index (χ4v) is 3.38. The predicted octanol–water partition coefficient (Wildman–Crippen LogP) is 3.10. The van der Waals surface area contributed by atoms with Crippen LogP contribution in [0.1, 0.15) is 22.7 Å². The molecule has 0 aliphatic carbocycles. The third kappa shape index (κ3) is 3.16. The lowest BCUT2D eigenvalue weighted by molar-refractivity contribution is -0.140. The number of aliphatic hydroxyl groups excluding tert-OH is 1. The van der Waals surface area contributed by atoms with Crippen LogP contribution < -0.4 is 0 Å². The smallest absolute Gasteiger partial charge is 0.295 e. The van der Waals surface area contributed by atoms with Gasteiger partial charge in [-0.3, -0.25) is 19.6 Å². The van der Waals surface area contributed by atoms with Gasteiger partial charge in [0.05, 0.1) is 11.6 Å². The number of aliphatic hydroxyl groups is 1. The zero-order valence-corrected chi connectivity index (χ0v) is 14.9. The summed E-state index contributed by atoms with van der Waals surface area (Å²) in [4.78, 5) is 35.1. The molecule has 2 aromatic heterocycles. The largest absolute Gasteiger partial charge is 0.507 e. The third-order valence-corrected chi connectivity index (χ3v) is 4.71. The van der Waals surface area contributed by atoms with Gasteiger partial charge in [0.1, 0.15) is 5.76 Å². The van der Waals surface area contributed by atoms with Crippen LogP contribution in [0.5, 0.6) is 0 Å². The lowest BCUT2D eigenvalue weighted by Crippen LogP contribution is -2.29. The Labute approximate surface area is 161 Å². The first-order valence-corrected chi connectivity index (χ1v) is 8.79. The van der Waals surface area contributed by atoms with Crippen LogP contribution in [0.4, 0.5) is 0 Å². The number of nitrogens with zero attached hydrogens (tertiary/aromatic N) is 3. The lowest BCUT2D eigenvalue weighted by atomic mass is 9.95. The summed E-state index contributed by atoms with van der Waals surface area (Å²) in [6.07, 6.45) is 6.33. The summed E-state index contributed by atoms with van der Waals surface area (Å²) in [5.41, 5.74) is 2.13. The Balaban J connectivity index is 1.85. The van der Waals surface area contributed by atoms with Crippen LogP contribution in [0.15, 0.2) is 85.0 Å². The average Bonchev–Trinajstić information content (AvgIpc) is 3.00. The number of ketones is 1. The zero-order valence-electron chi connectivity index (χ0n) is 14.9. The summed E-state index contributed by atoms with van der Waals surface area (Å²) in [5.74, 6) is -1.54. The van der Waals surface area contributed by atoms with Crippen LogP contribution in [0.3, 0.4) is 0 Å². The van der Waals surface area contributed by atoms with Crippen molar-refractivity contribution in [2.75, 3.05) is 0 Å². The third-order valence-electron chi connectivity index (χ3n) is 4.71. The molecule has 0 saturated carbocycles. The van der Waals surface area contributed by atoms with Gasteiger partial charge in [0.25, 0.3) is 11.7 Å². The van der Waals surface area contributed by atoms with Gasteiger partial charge < -0.3 is 10.0 Å². The molecule has 1 atom stereocenters. The van der Waals surface area contributed by atoms with Gasteiger partial charge in [0.2, 0.25) is 0 Å². The molecule has 1 saturated heterocycles. The van der Waals surface area contributed by atoms with E-state index < -0.39 is 17.7 Å². The Morgan fingerprint density at radius 2 is 1.50 bits per heavy atom. The van der Waals surface area contributed by atoms with Crippen LogP contribution in [0.2, 0.25) is 0 Å². The monoisotopic (exact) mass is 371 g/mol. The Morgan fingerprint density at radius 1 is 0.893 bits per heavy atom. The Hall–Kier alpha value is -3.80. The molecule has 1 aliphatic heterocycles. The minimum atomic E-state index is -0.697. The number of hydrogen-bond acceptors (Lipinski definition) is 5. The summed E-state index contributed by atoms with van der Waals surface area (Å²) in [6.45, 7) is 0.236. The van der Waals surface area contributed by atoms with Crippen molar-refractivity contribution in [3.8, 4) is 0 Å². The van der Waals surface area contributed by atoms with E-state index in [0.29, 0.717) is 5.56 Å². The molecule has 3 heterocycles. The minimum absolute atomic E-state index is 0.0801. The lowest BCUT2D eigenvalue weighted by Gasteiger charge is -2.25. The van der Waals surface area contributed by atoms with E-state index in [9.17, 15) is 14.7 Å². The van der Waals surface area contributed by atoms with Gasteiger partial charge in [0, 0.05) is 36.9 Å². The van der Waals surface area contributed by atoms with Crippen molar-refractivity contribution >= 4 is 17.4 Å². The first kappa shape index (κ1) is 17.6. The van der Waals surface area contributed by atoms with Gasteiger partial charge in [-0.05, 0) is 35.4 Å². The van der Waals surface area contributed by atoms with E-state index >= 15 is 0 Å². The van der Waals surface area contributed by atoms with Crippen LogP contribution in [0, 0.1) is 0 Å². The van der Waals surface area contributed by atoms with E-state index in [-0.39, 0.29) is 17.9 Å². The number of hydrogen-bond donors (Lipinski definition) is 1. The van der Waals surface area contributed by atoms with Crippen molar-refractivity contribution in [2.24, 2.45) is 0 Å². The van der Waals surface area contributed by atoms with Crippen molar-refractivity contribution < 1.29 is 14.7 Å². The molecule has 1 fully saturated rings. The second-order valence-corrected chi connectivity index (χ2v) is 6.43. The summed E-state index contributed by atoms with van der Waals surface area (Å²) in [7, 11) is 0. The van der Waals surface area contributed by atoms with E-state index in [1.54, 1.807) is 36.7 Å². The average molecular weight is 371 g/mol. The molecule has 1 unspecified atom stereocenters. The molecular weight excluding hydrogens is 354 g/mol. The number of amides is 1. The quantitative estimate of drug-likeness (QED) is 0.433.